The van der Waals surface area contributed by atoms with Crippen LogP contribution in [-0.2, 0) is 42.2 Å². The number of aliphatic hydroxyl groups excluding tert-OH is 7. The van der Waals surface area contributed by atoms with Crippen molar-refractivity contribution < 1.29 is 77.9 Å². The van der Waals surface area contributed by atoms with Crippen LogP contribution in [0.2, 0.25) is 0 Å². The fraction of sp³-hybridized carbons (Fsp3) is 0.966. The molecule has 2 heterocycles. The second kappa shape index (κ2) is 16.4. The molecule has 7 N–H and O–H groups in total. The van der Waals surface area contributed by atoms with E-state index >= 15 is 0 Å². The fourth-order valence-corrected chi connectivity index (χ4v) is 7.91. The minimum Gasteiger partial charge on any atom is -0.431 e. The molecule has 2 fully saturated rings. The third-order valence-electron chi connectivity index (χ3n) is 7.58. The van der Waals surface area contributed by atoms with Crippen molar-refractivity contribution in [1.82, 2.24) is 5.06 Å². The third-order valence-corrected chi connectivity index (χ3v) is 10.4. The predicted molar refractivity (Wildman–Crippen MR) is 163 cm³/mol. The zero-order chi connectivity index (χ0) is 36.3. The number of hydroxylamine groups is 2. The van der Waals surface area contributed by atoms with Gasteiger partial charge in [-0.05, 0) is 53.9 Å². The average molecular weight is 706 g/mol. The Labute approximate surface area is 276 Å². The first kappa shape index (κ1) is 42.3. The molecule has 2 saturated heterocycles. The van der Waals surface area contributed by atoms with Crippen LogP contribution in [0.25, 0.3) is 0 Å². The lowest BCUT2D eigenvalue weighted by molar-refractivity contribution is -0.358. The van der Waals surface area contributed by atoms with Crippen LogP contribution >= 0.6 is 7.60 Å². The molecule has 0 radical (unpaired) electrons. The SMILES string of the molecule is CCOP(=O)(OCC)C(N(OC(C)(C)C(=O)OC1O[C@H](CO)[C@@H](O[C@@H]2O[C@H](CO)[C@@H](O)[C@H](O)[C@H]2O)[C@H](O)[C@H]1O)C(C)(C)C)C(C)(C)C. The molecule has 2 rings (SSSR count). The van der Waals surface area contributed by atoms with E-state index in [4.69, 9.17) is 32.8 Å². The molecule has 47 heavy (non-hydrogen) atoms. The van der Waals surface area contributed by atoms with Gasteiger partial charge in [-0.25, -0.2) is 4.79 Å². The summed E-state index contributed by atoms with van der Waals surface area (Å²) >= 11 is 0. The smallest absolute Gasteiger partial charge is 0.350 e. The summed E-state index contributed by atoms with van der Waals surface area (Å²) < 4.78 is 47.4. The molecule has 0 amide bonds. The minimum absolute atomic E-state index is 0.0830. The molecule has 11 atom stereocenters. The molecule has 0 aromatic rings. The van der Waals surface area contributed by atoms with Crippen molar-refractivity contribution >= 4 is 13.6 Å². The number of carbonyl (C=O) groups is 1. The van der Waals surface area contributed by atoms with Crippen molar-refractivity contribution in [2.75, 3.05) is 26.4 Å². The Bertz CT molecular complexity index is 1040. The summed E-state index contributed by atoms with van der Waals surface area (Å²) in [5.74, 6) is -2.08. The fourth-order valence-electron chi connectivity index (χ4n) is 5.23. The van der Waals surface area contributed by atoms with Gasteiger partial charge in [0.05, 0.1) is 26.4 Å². The second-order valence-electron chi connectivity index (χ2n) is 14.1. The molecule has 0 bridgehead atoms. The maximum atomic E-state index is 14.2. The van der Waals surface area contributed by atoms with Crippen molar-refractivity contribution in [1.29, 1.82) is 0 Å². The van der Waals surface area contributed by atoms with E-state index in [0.29, 0.717) is 0 Å². The quantitative estimate of drug-likeness (QED) is 0.0691. The van der Waals surface area contributed by atoms with Gasteiger partial charge in [-0.3, -0.25) is 9.40 Å². The van der Waals surface area contributed by atoms with Crippen molar-refractivity contribution in [2.24, 2.45) is 5.41 Å². The summed E-state index contributed by atoms with van der Waals surface area (Å²) in [4.78, 5) is 19.9. The van der Waals surface area contributed by atoms with Gasteiger partial charge in [-0.2, -0.15) is 5.06 Å². The predicted octanol–water partition coefficient (Wildman–Crippen LogP) is -0.397. The number of ether oxygens (including phenoxy) is 4. The zero-order valence-electron chi connectivity index (χ0n) is 28.9. The summed E-state index contributed by atoms with van der Waals surface area (Å²) in [6, 6.07) is 0. The molecule has 2 aliphatic heterocycles. The highest BCUT2D eigenvalue weighted by atomic mass is 31.2. The van der Waals surface area contributed by atoms with Gasteiger partial charge < -0.3 is 63.7 Å². The Morgan fingerprint density at radius 2 is 1.26 bits per heavy atom. The van der Waals surface area contributed by atoms with Gasteiger partial charge in [-0.1, -0.05) is 20.8 Å². The molecule has 2 unspecified atom stereocenters. The van der Waals surface area contributed by atoms with Gasteiger partial charge in [0.2, 0.25) is 6.29 Å². The number of hydrogen-bond acceptors (Lipinski definition) is 17. The van der Waals surface area contributed by atoms with E-state index in [1.54, 1.807) is 34.6 Å². The van der Waals surface area contributed by atoms with Gasteiger partial charge in [-0.15, -0.1) is 0 Å². The highest BCUT2D eigenvalue weighted by Gasteiger charge is 2.55. The molecule has 0 saturated carbocycles. The summed E-state index contributed by atoms with van der Waals surface area (Å²) in [6.07, 6.45) is -17.1. The van der Waals surface area contributed by atoms with Gasteiger partial charge >= 0.3 is 13.6 Å². The van der Waals surface area contributed by atoms with E-state index in [9.17, 15) is 45.1 Å². The van der Waals surface area contributed by atoms with Gasteiger partial charge in [0.1, 0.15) is 54.6 Å². The van der Waals surface area contributed by atoms with Crippen LogP contribution in [0.1, 0.15) is 69.2 Å². The first-order valence-corrected chi connectivity index (χ1v) is 17.3. The third kappa shape index (κ3) is 9.90. The first-order valence-electron chi connectivity index (χ1n) is 15.7. The van der Waals surface area contributed by atoms with Gasteiger partial charge in [0.25, 0.3) is 0 Å². The number of aliphatic hydroxyl groups is 7. The largest absolute Gasteiger partial charge is 0.431 e. The summed E-state index contributed by atoms with van der Waals surface area (Å²) in [5.41, 5.74) is -3.48. The van der Waals surface area contributed by atoms with Crippen LogP contribution in [0, 0.1) is 5.41 Å². The molecular formula is C29H56NO16P. The normalized spacial score (nSPS) is 33.6. The Balaban J connectivity index is 2.31. The van der Waals surface area contributed by atoms with E-state index in [0.717, 1.165) is 0 Å². The van der Waals surface area contributed by atoms with Crippen molar-refractivity contribution in [3.8, 4) is 0 Å². The van der Waals surface area contributed by atoms with Crippen LogP contribution in [0.5, 0.6) is 0 Å². The Kier molecular flexibility index (Phi) is 14.8. The highest BCUT2D eigenvalue weighted by Crippen LogP contribution is 2.61. The maximum Gasteiger partial charge on any atom is 0.350 e. The van der Waals surface area contributed by atoms with Gasteiger partial charge in [0.15, 0.2) is 11.9 Å². The van der Waals surface area contributed by atoms with Crippen LogP contribution in [0.3, 0.4) is 0 Å². The lowest BCUT2D eigenvalue weighted by atomic mass is 9.94. The first-order chi connectivity index (χ1) is 21.5. The van der Waals surface area contributed by atoms with E-state index in [1.165, 1.54) is 18.9 Å². The van der Waals surface area contributed by atoms with Crippen molar-refractivity contribution in [2.45, 2.75) is 148 Å². The van der Waals surface area contributed by atoms with Crippen molar-refractivity contribution in [3.63, 3.8) is 0 Å². The Morgan fingerprint density at radius 1 is 0.766 bits per heavy atom. The van der Waals surface area contributed by atoms with Crippen LogP contribution in [-0.4, -0.2) is 152 Å². The van der Waals surface area contributed by atoms with E-state index in [2.05, 4.69) is 0 Å². The number of nitrogens with zero attached hydrogens (tertiary/aromatic N) is 1. The Morgan fingerprint density at radius 3 is 1.70 bits per heavy atom. The maximum absolute atomic E-state index is 14.2. The lowest BCUT2D eigenvalue weighted by Gasteiger charge is -2.49. The van der Waals surface area contributed by atoms with Crippen molar-refractivity contribution in [3.05, 3.63) is 0 Å². The highest BCUT2D eigenvalue weighted by molar-refractivity contribution is 7.54. The number of hydrogen-bond donors (Lipinski definition) is 7. The molecule has 17 nitrogen and oxygen atoms in total. The number of esters is 1. The van der Waals surface area contributed by atoms with E-state index < -0.39 is 111 Å². The lowest BCUT2D eigenvalue weighted by Crippen LogP contribution is -2.65. The van der Waals surface area contributed by atoms with Crippen LogP contribution in [0.4, 0.5) is 0 Å². The molecule has 0 spiro atoms. The topological polar surface area (TPSA) is 244 Å². The molecule has 278 valence electrons. The van der Waals surface area contributed by atoms with Gasteiger partial charge in [0, 0.05) is 5.54 Å². The monoisotopic (exact) mass is 705 g/mol. The zero-order valence-corrected chi connectivity index (χ0v) is 29.8. The molecule has 0 aromatic carbocycles. The molecular weight excluding hydrogens is 649 g/mol. The van der Waals surface area contributed by atoms with E-state index in [-0.39, 0.29) is 13.2 Å². The van der Waals surface area contributed by atoms with E-state index in [1.807, 2.05) is 20.8 Å². The standard InChI is InChI=1S/C29H56NO16P/c1-11-40-47(39,41-12-2)25(27(3,4)5)30(28(6,7)8)46-29(9,10)26(38)45-24-21(37)19(35)22(16(14-32)43-24)44-23-20(36)18(34)17(33)15(13-31)42-23/h15-25,31-37H,11-14H2,1-10H3/t15-,16-,17-,18+,19-,20-,21-,22-,23+,24?,25?/m1/s1. The Hall–Kier alpha value is -0.860. The summed E-state index contributed by atoms with van der Waals surface area (Å²) in [5, 5.41) is 73.1. The molecule has 2 aliphatic rings. The molecule has 0 aliphatic carbocycles. The molecule has 0 aromatic heterocycles. The van der Waals surface area contributed by atoms with Crippen LogP contribution < -0.4 is 0 Å². The summed E-state index contributed by atoms with van der Waals surface area (Å²) in [7, 11) is -3.89. The number of carbonyl (C=O) groups excluding carboxylic acids is 1. The summed E-state index contributed by atoms with van der Waals surface area (Å²) in [6.45, 7) is 15.5. The number of rotatable bonds is 14. The minimum atomic E-state index is -3.89. The molecule has 18 heteroatoms. The van der Waals surface area contributed by atoms with Crippen LogP contribution in [0.15, 0.2) is 0 Å². The second-order valence-corrected chi connectivity index (χ2v) is 16.2. The average Bonchev–Trinajstić information content (AvgIpc) is 2.95.